The van der Waals surface area contributed by atoms with Gasteiger partial charge < -0.3 is 29.6 Å². The molecule has 29 heavy (non-hydrogen) atoms. The molecule has 1 heterocycles. The summed E-state index contributed by atoms with van der Waals surface area (Å²) < 4.78 is 21.7. The lowest BCUT2D eigenvalue weighted by molar-refractivity contribution is -0.00834. The van der Waals surface area contributed by atoms with E-state index in [0.717, 1.165) is 44.4 Å². The predicted octanol–water partition coefficient (Wildman–Crippen LogP) is 2.11. The first-order valence-corrected chi connectivity index (χ1v) is 9.51. The molecule has 0 saturated carbocycles. The third kappa shape index (κ3) is 7.07. The zero-order chi connectivity index (χ0) is 20.6. The first-order valence-electron chi connectivity index (χ1n) is 9.51. The van der Waals surface area contributed by atoms with Gasteiger partial charge in [-0.05, 0) is 31.5 Å². The third-order valence-electron chi connectivity index (χ3n) is 4.96. The summed E-state index contributed by atoms with van der Waals surface area (Å²) in [6.07, 6.45) is 0. The molecule has 0 radical (unpaired) electrons. The maximum Gasteiger partial charge on any atom is 0.203 e. The number of hydrogen-bond donors (Lipinski definition) is 2. The third-order valence-corrected chi connectivity index (χ3v) is 4.96. The Morgan fingerprint density at radius 3 is 2.14 bits per heavy atom. The number of nitrogens with one attached hydrogen (secondary N) is 2. The fraction of sp³-hybridized carbons (Fsp3) is 0.650. The van der Waals surface area contributed by atoms with Crippen molar-refractivity contribution in [3.05, 3.63) is 17.7 Å². The van der Waals surface area contributed by atoms with Gasteiger partial charge in [0.2, 0.25) is 5.75 Å². The monoisotopic (exact) mass is 522 g/mol. The molecule has 1 saturated heterocycles. The standard InChI is InChI=1S/C20H34N4O4.HI/c1-20(2,24-7-9-28-10-8-24)14-23-19(21-3)22-13-15-11-16(25-4)18(27-6)17(12-15)26-5;/h11-12H,7-10,13-14H2,1-6H3,(H2,21,22,23);1H. The lowest BCUT2D eigenvalue weighted by Crippen LogP contribution is -2.56. The molecule has 166 valence electrons. The Morgan fingerprint density at radius 1 is 1.07 bits per heavy atom. The summed E-state index contributed by atoms with van der Waals surface area (Å²) in [6, 6.07) is 3.86. The average molecular weight is 522 g/mol. The van der Waals surface area contributed by atoms with Gasteiger partial charge in [0.25, 0.3) is 0 Å². The molecule has 1 aliphatic heterocycles. The van der Waals surface area contributed by atoms with Crippen LogP contribution in [0.15, 0.2) is 17.1 Å². The van der Waals surface area contributed by atoms with Crippen LogP contribution in [0.25, 0.3) is 0 Å². The summed E-state index contributed by atoms with van der Waals surface area (Å²) >= 11 is 0. The van der Waals surface area contributed by atoms with Gasteiger partial charge in [0.1, 0.15) is 0 Å². The van der Waals surface area contributed by atoms with Crippen LogP contribution < -0.4 is 24.8 Å². The van der Waals surface area contributed by atoms with E-state index in [0.29, 0.717) is 23.8 Å². The van der Waals surface area contributed by atoms with Gasteiger partial charge in [-0.25, -0.2) is 0 Å². The van der Waals surface area contributed by atoms with Crippen molar-refractivity contribution in [2.24, 2.45) is 4.99 Å². The van der Waals surface area contributed by atoms with Crippen LogP contribution in [0.5, 0.6) is 17.2 Å². The first kappa shape index (κ1) is 25.6. The van der Waals surface area contributed by atoms with Gasteiger partial charge in [-0.3, -0.25) is 9.89 Å². The molecule has 1 aromatic carbocycles. The van der Waals surface area contributed by atoms with Crippen LogP contribution in [0.2, 0.25) is 0 Å². The van der Waals surface area contributed by atoms with Gasteiger partial charge in [-0.1, -0.05) is 0 Å². The topological polar surface area (TPSA) is 76.6 Å². The zero-order valence-electron chi connectivity index (χ0n) is 18.3. The molecule has 0 aromatic heterocycles. The minimum atomic E-state index is 0. The molecule has 2 rings (SSSR count). The number of hydrogen-bond acceptors (Lipinski definition) is 6. The highest BCUT2D eigenvalue weighted by atomic mass is 127. The number of guanidine groups is 1. The van der Waals surface area contributed by atoms with Crippen LogP contribution >= 0.6 is 24.0 Å². The van der Waals surface area contributed by atoms with Crippen LogP contribution in [-0.4, -0.2) is 77.6 Å². The van der Waals surface area contributed by atoms with Crippen molar-refractivity contribution >= 4 is 29.9 Å². The van der Waals surface area contributed by atoms with Crippen molar-refractivity contribution in [2.45, 2.75) is 25.9 Å². The second-order valence-corrected chi connectivity index (χ2v) is 7.22. The van der Waals surface area contributed by atoms with Crippen LogP contribution in [0, 0.1) is 0 Å². The van der Waals surface area contributed by atoms with E-state index >= 15 is 0 Å². The van der Waals surface area contributed by atoms with Gasteiger partial charge in [0, 0.05) is 38.8 Å². The number of ether oxygens (including phenoxy) is 4. The maximum atomic E-state index is 5.46. The number of methoxy groups -OCH3 is 3. The number of rotatable bonds is 8. The number of nitrogens with zero attached hydrogens (tertiary/aromatic N) is 2. The van der Waals surface area contributed by atoms with Crippen molar-refractivity contribution < 1.29 is 18.9 Å². The summed E-state index contributed by atoms with van der Waals surface area (Å²) in [5.74, 6) is 2.60. The molecule has 0 unspecified atom stereocenters. The van der Waals surface area contributed by atoms with Crippen molar-refractivity contribution in [2.75, 3.05) is 61.2 Å². The maximum absolute atomic E-state index is 5.46. The van der Waals surface area contributed by atoms with Crippen LogP contribution in [0.1, 0.15) is 19.4 Å². The molecule has 1 aromatic rings. The number of morpholine rings is 1. The van der Waals surface area contributed by atoms with Crippen LogP contribution in [0.3, 0.4) is 0 Å². The van der Waals surface area contributed by atoms with Gasteiger partial charge >= 0.3 is 0 Å². The molecule has 1 fully saturated rings. The van der Waals surface area contributed by atoms with Gasteiger partial charge in [-0.15, -0.1) is 24.0 Å². The number of halogens is 1. The zero-order valence-corrected chi connectivity index (χ0v) is 20.7. The Morgan fingerprint density at radius 2 is 1.66 bits per heavy atom. The minimum absolute atomic E-state index is 0. The summed E-state index contributed by atoms with van der Waals surface area (Å²) in [4.78, 5) is 6.77. The van der Waals surface area contributed by atoms with E-state index in [1.807, 2.05) is 12.1 Å². The Kier molecular flexibility index (Phi) is 10.8. The lowest BCUT2D eigenvalue weighted by atomic mass is 10.0. The van der Waals surface area contributed by atoms with Crippen molar-refractivity contribution in [1.82, 2.24) is 15.5 Å². The van der Waals surface area contributed by atoms with Crippen LogP contribution in [0.4, 0.5) is 0 Å². The smallest absolute Gasteiger partial charge is 0.203 e. The Balaban J connectivity index is 0.00000420. The molecule has 0 spiro atoms. The average Bonchev–Trinajstić information content (AvgIpc) is 2.73. The minimum Gasteiger partial charge on any atom is -0.493 e. The van der Waals surface area contributed by atoms with Gasteiger partial charge in [-0.2, -0.15) is 0 Å². The molecular formula is C20H35IN4O4. The normalized spacial score (nSPS) is 15.3. The lowest BCUT2D eigenvalue weighted by Gasteiger charge is -2.41. The molecule has 0 bridgehead atoms. The molecule has 0 aliphatic carbocycles. The molecule has 1 aliphatic rings. The molecule has 8 nitrogen and oxygen atoms in total. The van der Waals surface area contributed by atoms with Crippen molar-refractivity contribution in [1.29, 1.82) is 0 Å². The van der Waals surface area contributed by atoms with E-state index in [4.69, 9.17) is 18.9 Å². The van der Waals surface area contributed by atoms with E-state index < -0.39 is 0 Å². The largest absolute Gasteiger partial charge is 0.493 e. The highest BCUT2D eigenvalue weighted by molar-refractivity contribution is 14.0. The quantitative estimate of drug-likeness (QED) is 0.308. The van der Waals surface area contributed by atoms with Crippen molar-refractivity contribution in [3.8, 4) is 17.2 Å². The number of benzene rings is 1. The van der Waals surface area contributed by atoms with E-state index in [1.165, 1.54) is 0 Å². The Labute approximate surface area is 191 Å². The fourth-order valence-corrected chi connectivity index (χ4v) is 3.22. The fourth-order valence-electron chi connectivity index (χ4n) is 3.22. The second-order valence-electron chi connectivity index (χ2n) is 7.22. The molecular weight excluding hydrogens is 487 g/mol. The molecule has 9 heteroatoms. The Hall–Kier alpha value is -1.46. The van der Waals surface area contributed by atoms with Gasteiger partial charge in [0.05, 0.1) is 34.5 Å². The van der Waals surface area contributed by atoms with E-state index in [9.17, 15) is 0 Å². The van der Waals surface area contributed by atoms with E-state index in [-0.39, 0.29) is 29.5 Å². The highest BCUT2D eigenvalue weighted by Crippen LogP contribution is 2.38. The van der Waals surface area contributed by atoms with E-state index in [2.05, 4.69) is 34.4 Å². The summed E-state index contributed by atoms with van der Waals surface area (Å²) in [6.45, 7) is 9.30. The first-order chi connectivity index (χ1) is 13.4. The molecule has 0 atom stereocenters. The molecule has 2 N–H and O–H groups in total. The Bertz CT molecular complexity index is 639. The van der Waals surface area contributed by atoms with E-state index in [1.54, 1.807) is 28.4 Å². The summed E-state index contributed by atoms with van der Waals surface area (Å²) in [5, 5.41) is 6.77. The SMILES string of the molecule is CN=C(NCc1cc(OC)c(OC)c(OC)c1)NCC(C)(C)N1CCOCC1.I. The van der Waals surface area contributed by atoms with Crippen molar-refractivity contribution in [3.63, 3.8) is 0 Å². The second kappa shape index (κ2) is 12.3. The van der Waals surface area contributed by atoms with Crippen LogP contribution in [-0.2, 0) is 11.3 Å². The van der Waals surface area contributed by atoms with Gasteiger partial charge in [0.15, 0.2) is 17.5 Å². The number of aliphatic imine (C=N–C) groups is 1. The summed E-state index contributed by atoms with van der Waals surface area (Å²) in [5.41, 5.74) is 1.01. The molecule has 0 amide bonds. The predicted molar refractivity (Wildman–Crippen MR) is 126 cm³/mol. The summed E-state index contributed by atoms with van der Waals surface area (Å²) in [7, 11) is 6.60. The highest BCUT2D eigenvalue weighted by Gasteiger charge is 2.28.